The molecule has 0 aliphatic heterocycles. The van der Waals surface area contributed by atoms with E-state index in [1.54, 1.807) is 0 Å². The first kappa shape index (κ1) is 11.7. The van der Waals surface area contributed by atoms with Crippen LogP contribution in [0.4, 0.5) is 0 Å². The Morgan fingerprint density at radius 2 is 1.62 bits per heavy atom. The Balaban J connectivity index is 2.61. The lowest BCUT2D eigenvalue weighted by atomic mass is 10.2. The fraction of sp³-hybridized carbons (Fsp3) is 0.250. The molecule has 1 rings (SSSR count). The molecular weight excluding hydrogens is 266 g/mol. The topological polar surface area (TPSA) is 0 Å². The van der Waals surface area contributed by atoms with Gasteiger partial charge in [0.25, 0.3) is 0 Å². The number of alkyl halides is 1. The summed E-state index contributed by atoms with van der Waals surface area (Å²) in [6, 6.07) is 7.01. The van der Waals surface area contributed by atoms with Crippen molar-refractivity contribution in [3.63, 3.8) is 0 Å². The summed E-state index contributed by atoms with van der Waals surface area (Å²) >= 11 is 23.3. The van der Waals surface area contributed by atoms with Crippen LogP contribution in [-0.4, -0.2) is 11.0 Å². The Morgan fingerprint density at radius 1 is 1.08 bits per heavy atom. The highest BCUT2D eigenvalue weighted by atomic mass is 35.8. The van der Waals surface area contributed by atoms with Crippen molar-refractivity contribution < 1.29 is 0 Å². The van der Waals surface area contributed by atoms with Crippen LogP contribution < -0.4 is 0 Å². The van der Waals surface area contributed by atoms with E-state index in [1.165, 1.54) is 0 Å². The molecule has 0 aliphatic rings. The standard InChI is InChI=1S/C8H8Cl4Si/c9-8(13(10,11)12)6-7-4-2-1-3-5-7/h1-5,8H,6H2. The van der Waals surface area contributed by atoms with Gasteiger partial charge in [0.05, 0.1) is 5.00 Å². The van der Waals surface area contributed by atoms with Crippen molar-refractivity contribution in [2.75, 3.05) is 0 Å². The van der Waals surface area contributed by atoms with Crippen molar-refractivity contribution in [2.45, 2.75) is 11.4 Å². The largest absolute Gasteiger partial charge is 0.358 e. The molecule has 0 saturated heterocycles. The van der Waals surface area contributed by atoms with Gasteiger partial charge in [-0.2, -0.15) is 0 Å². The lowest BCUT2D eigenvalue weighted by molar-refractivity contribution is 1.08. The van der Waals surface area contributed by atoms with E-state index in [-0.39, 0.29) is 5.00 Å². The number of hydrogen-bond donors (Lipinski definition) is 0. The average Bonchev–Trinajstić information content (AvgIpc) is 2.04. The summed E-state index contributed by atoms with van der Waals surface area (Å²) < 4.78 is 0. The molecule has 1 unspecified atom stereocenters. The minimum absolute atomic E-state index is 0.361. The van der Waals surface area contributed by atoms with Gasteiger partial charge in [0.15, 0.2) is 0 Å². The van der Waals surface area contributed by atoms with E-state index < -0.39 is 6.00 Å². The Bertz CT molecular complexity index is 257. The van der Waals surface area contributed by atoms with Crippen LogP contribution in [0.1, 0.15) is 5.56 Å². The summed E-state index contributed by atoms with van der Waals surface area (Å²) in [6.07, 6.45) is 0.616. The normalized spacial score (nSPS) is 14.2. The lowest BCUT2D eigenvalue weighted by Gasteiger charge is -2.14. The van der Waals surface area contributed by atoms with Crippen LogP contribution in [0, 0.1) is 0 Å². The van der Waals surface area contributed by atoms with Gasteiger partial charge in [-0.25, -0.2) is 0 Å². The molecule has 5 heteroatoms. The first-order valence-corrected chi connectivity index (χ1v) is 9.30. The summed E-state index contributed by atoms with van der Waals surface area (Å²) in [7, 11) is 0. The summed E-state index contributed by atoms with van der Waals surface area (Å²) in [6.45, 7) is 0. The number of hydrogen-bond acceptors (Lipinski definition) is 0. The van der Waals surface area contributed by atoms with Gasteiger partial charge in [0, 0.05) is 0 Å². The zero-order valence-corrected chi connectivity index (χ0v) is 10.7. The van der Waals surface area contributed by atoms with Crippen molar-refractivity contribution in [3.8, 4) is 0 Å². The SMILES string of the molecule is ClC(Cc1ccccc1)[Si](Cl)(Cl)Cl. The van der Waals surface area contributed by atoms with E-state index in [1.807, 2.05) is 30.3 Å². The first-order chi connectivity index (χ1) is 6.00. The molecule has 0 aromatic heterocycles. The highest BCUT2D eigenvalue weighted by molar-refractivity contribution is 7.66. The molecule has 0 N–H and O–H groups in total. The zero-order valence-electron chi connectivity index (χ0n) is 6.68. The summed E-state index contributed by atoms with van der Waals surface area (Å²) in [5, 5.41) is -0.361. The molecule has 0 nitrogen and oxygen atoms in total. The molecule has 0 aliphatic carbocycles. The van der Waals surface area contributed by atoms with Gasteiger partial charge in [-0.1, -0.05) is 30.3 Å². The second kappa shape index (κ2) is 4.90. The Hall–Kier alpha value is 0.597. The number of rotatable bonds is 3. The third-order valence-electron chi connectivity index (χ3n) is 1.61. The smallest absolute Gasteiger partial charge is 0.124 e. The predicted molar refractivity (Wildman–Crippen MR) is 63.1 cm³/mol. The second-order valence-corrected chi connectivity index (χ2v) is 12.5. The first-order valence-electron chi connectivity index (χ1n) is 3.75. The van der Waals surface area contributed by atoms with Gasteiger partial charge in [0.2, 0.25) is 0 Å². The van der Waals surface area contributed by atoms with Gasteiger partial charge >= 0.3 is 6.00 Å². The highest BCUT2D eigenvalue weighted by Crippen LogP contribution is 2.30. The Kier molecular flexibility index (Phi) is 4.40. The van der Waals surface area contributed by atoms with Crippen LogP contribution in [0.25, 0.3) is 0 Å². The molecule has 1 atom stereocenters. The molecule has 13 heavy (non-hydrogen) atoms. The summed E-state index contributed by atoms with van der Waals surface area (Å²) in [4.78, 5) is 0. The third-order valence-corrected chi connectivity index (χ3v) is 7.04. The molecule has 1 aromatic rings. The summed E-state index contributed by atoms with van der Waals surface area (Å²) in [5.74, 6) is 0. The molecular formula is C8H8Cl4Si. The van der Waals surface area contributed by atoms with Gasteiger partial charge in [-0.15, -0.1) is 44.8 Å². The van der Waals surface area contributed by atoms with Crippen molar-refractivity contribution in [1.82, 2.24) is 0 Å². The highest BCUT2D eigenvalue weighted by Gasteiger charge is 2.35. The van der Waals surface area contributed by atoms with Crippen LogP contribution in [0.3, 0.4) is 0 Å². The maximum absolute atomic E-state index is 5.96. The molecule has 1 aromatic carbocycles. The fourth-order valence-electron chi connectivity index (χ4n) is 0.937. The van der Waals surface area contributed by atoms with Crippen LogP contribution in [0.2, 0.25) is 0 Å². The maximum Gasteiger partial charge on any atom is 0.358 e. The van der Waals surface area contributed by atoms with E-state index in [0.29, 0.717) is 6.42 Å². The molecule has 0 bridgehead atoms. The number of benzene rings is 1. The second-order valence-electron chi connectivity index (χ2n) is 2.70. The van der Waals surface area contributed by atoms with E-state index in [9.17, 15) is 0 Å². The Morgan fingerprint density at radius 3 is 2.08 bits per heavy atom. The molecule has 0 saturated carbocycles. The van der Waals surface area contributed by atoms with Gasteiger partial charge in [-0.05, 0) is 12.0 Å². The van der Waals surface area contributed by atoms with Gasteiger partial charge in [0.1, 0.15) is 0 Å². The van der Waals surface area contributed by atoms with Crippen molar-refractivity contribution in [2.24, 2.45) is 0 Å². The molecule has 0 spiro atoms. The Labute approximate surface area is 97.9 Å². The predicted octanol–water partition coefficient (Wildman–Crippen LogP) is 4.03. The van der Waals surface area contributed by atoms with Crippen molar-refractivity contribution >= 4 is 50.8 Å². The molecule has 0 amide bonds. The average molecular weight is 274 g/mol. The molecule has 0 heterocycles. The van der Waals surface area contributed by atoms with Crippen LogP contribution in [-0.2, 0) is 6.42 Å². The van der Waals surface area contributed by atoms with Gasteiger partial charge in [-0.3, -0.25) is 0 Å². The lowest BCUT2D eigenvalue weighted by Crippen LogP contribution is -2.27. The van der Waals surface area contributed by atoms with E-state index in [4.69, 9.17) is 44.8 Å². The molecule has 0 fully saturated rings. The van der Waals surface area contributed by atoms with Crippen LogP contribution in [0.15, 0.2) is 30.3 Å². The van der Waals surface area contributed by atoms with E-state index in [2.05, 4.69) is 0 Å². The summed E-state index contributed by atoms with van der Waals surface area (Å²) in [5.41, 5.74) is 1.10. The van der Waals surface area contributed by atoms with Crippen LogP contribution in [0.5, 0.6) is 0 Å². The molecule has 0 radical (unpaired) electrons. The zero-order chi connectivity index (χ0) is 9.90. The van der Waals surface area contributed by atoms with Gasteiger partial charge < -0.3 is 0 Å². The monoisotopic (exact) mass is 272 g/mol. The van der Waals surface area contributed by atoms with Crippen molar-refractivity contribution in [3.05, 3.63) is 35.9 Å². The fourth-order valence-corrected chi connectivity index (χ4v) is 2.28. The quantitative estimate of drug-likeness (QED) is 0.443. The molecule has 72 valence electrons. The number of halogens is 4. The third kappa shape index (κ3) is 4.09. The minimum atomic E-state index is -2.76. The van der Waals surface area contributed by atoms with Crippen molar-refractivity contribution in [1.29, 1.82) is 0 Å². The van der Waals surface area contributed by atoms with E-state index >= 15 is 0 Å². The van der Waals surface area contributed by atoms with E-state index in [0.717, 1.165) is 5.56 Å². The minimum Gasteiger partial charge on any atom is -0.124 e. The maximum atomic E-state index is 5.96. The van der Waals surface area contributed by atoms with Crippen LogP contribution >= 0.6 is 44.8 Å².